The predicted octanol–water partition coefficient (Wildman–Crippen LogP) is 2.54. The molecule has 2 fully saturated rings. The monoisotopic (exact) mass is 317 g/mol. The molecule has 2 saturated heterocycles. The first-order valence-corrected chi connectivity index (χ1v) is 8.73. The Morgan fingerprint density at radius 3 is 2.39 bits per heavy atom. The molecule has 5 heteroatoms. The van der Waals surface area contributed by atoms with Crippen LogP contribution in [0.5, 0.6) is 0 Å². The summed E-state index contributed by atoms with van der Waals surface area (Å²) < 4.78 is 0. The van der Waals surface area contributed by atoms with E-state index < -0.39 is 0 Å². The maximum absolute atomic E-state index is 4.60. The molecule has 0 radical (unpaired) electrons. The van der Waals surface area contributed by atoms with E-state index in [-0.39, 0.29) is 12.1 Å². The first kappa shape index (κ1) is 17.9. The van der Waals surface area contributed by atoms with Crippen LogP contribution in [0.25, 0.3) is 0 Å². The lowest BCUT2D eigenvalue weighted by atomic mass is 9.71. The predicted molar refractivity (Wildman–Crippen MR) is 99.9 cm³/mol. The Bertz CT molecular complexity index is 452. The molecule has 2 rings (SSSR count). The van der Waals surface area contributed by atoms with Gasteiger partial charge in [-0.05, 0) is 64.8 Å². The minimum atomic E-state index is 0.00237. The Morgan fingerprint density at radius 1 is 1.17 bits per heavy atom. The van der Waals surface area contributed by atoms with Crippen LogP contribution < -0.4 is 5.32 Å². The summed E-state index contributed by atoms with van der Waals surface area (Å²) in [6, 6.07) is 0.0916. The Morgan fingerprint density at radius 2 is 1.83 bits per heavy atom. The molecule has 0 aromatic heterocycles. The highest BCUT2D eigenvalue weighted by molar-refractivity contribution is 5.93. The summed E-state index contributed by atoms with van der Waals surface area (Å²) >= 11 is 0. The molecule has 0 aromatic rings. The van der Waals surface area contributed by atoms with E-state index in [4.69, 9.17) is 0 Å². The Hall–Kier alpha value is -1.49. The van der Waals surface area contributed by atoms with E-state index in [1.165, 1.54) is 25.7 Å². The van der Waals surface area contributed by atoms with E-state index in [9.17, 15) is 0 Å². The molecule has 2 atom stereocenters. The summed E-state index contributed by atoms with van der Waals surface area (Å²) in [5.74, 6) is 0.990. The van der Waals surface area contributed by atoms with Crippen LogP contribution in [0.2, 0.25) is 0 Å². The van der Waals surface area contributed by atoms with E-state index in [0.717, 1.165) is 32.0 Å². The molecular weight excluding hydrogens is 286 g/mol. The normalized spacial score (nSPS) is 24.6. The lowest BCUT2D eigenvalue weighted by molar-refractivity contribution is 0.105. The van der Waals surface area contributed by atoms with E-state index in [0.29, 0.717) is 5.41 Å². The molecular formula is C18H31N5. The zero-order chi connectivity index (χ0) is 16.7. The van der Waals surface area contributed by atoms with E-state index in [1.54, 1.807) is 6.34 Å². The van der Waals surface area contributed by atoms with Crippen molar-refractivity contribution in [3.8, 4) is 0 Å². The van der Waals surface area contributed by atoms with Gasteiger partial charge in [-0.15, -0.1) is 6.58 Å². The lowest BCUT2D eigenvalue weighted by Crippen LogP contribution is -2.49. The number of aliphatic imine (C=N–C) groups is 3. The van der Waals surface area contributed by atoms with Gasteiger partial charge in [-0.3, -0.25) is 9.98 Å². The van der Waals surface area contributed by atoms with E-state index >= 15 is 0 Å². The quantitative estimate of drug-likeness (QED) is 0.481. The molecule has 0 saturated carbocycles. The SMILES string of the molecule is C=CC(C)/N=C\N=C(/C(C)N=C)N1CCC2(CCNCC2)CC1. The molecule has 128 valence electrons. The minimum absolute atomic E-state index is 0.00237. The van der Waals surface area contributed by atoms with Crippen molar-refractivity contribution >= 4 is 18.9 Å². The average Bonchev–Trinajstić information content (AvgIpc) is 2.59. The van der Waals surface area contributed by atoms with E-state index in [2.05, 4.69) is 38.5 Å². The van der Waals surface area contributed by atoms with Gasteiger partial charge in [0, 0.05) is 13.1 Å². The fraction of sp³-hybridized carbons (Fsp3) is 0.722. The maximum Gasteiger partial charge on any atom is 0.131 e. The average molecular weight is 317 g/mol. The van der Waals surface area contributed by atoms with Crippen molar-refractivity contribution in [1.82, 2.24) is 10.2 Å². The Balaban J connectivity index is 2.03. The first-order chi connectivity index (χ1) is 11.1. The van der Waals surface area contributed by atoms with Crippen molar-refractivity contribution in [2.45, 2.75) is 51.6 Å². The molecule has 2 heterocycles. The van der Waals surface area contributed by atoms with Gasteiger partial charge in [-0.25, -0.2) is 4.99 Å². The summed E-state index contributed by atoms with van der Waals surface area (Å²) in [7, 11) is 0. The molecule has 5 nitrogen and oxygen atoms in total. The number of likely N-dealkylation sites (tertiary alicyclic amines) is 1. The number of nitrogens with one attached hydrogen (secondary N) is 1. The molecule has 2 aliphatic heterocycles. The zero-order valence-electron chi connectivity index (χ0n) is 14.7. The number of hydrogen-bond donors (Lipinski definition) is 1. The van der Waals surface area contributed by atoms with Crippen molar-refractivity contribution in [3.05, 3.63) is 12.7 Å². The van der Waals surface area contributed by atoms with Crippen LogP contribution in [0.3, 0.4) is 0 Å². The zero-order valence-corrected chi connectivity index (χ0v) is 14.7. The van der Waals surface area contributed by atoms with Gasteiger partial charge < -0.3 is 10.2 Å². The first-order valence-electron chi connectivity index (χ1n) is 8.73. The fourth-order valence-corrected chi connectivity index (χ4v) is 3.46. The molecule has 1 N–H and O–H groups in total. The van der Waals surface area contributed by atoms with Crippen molar-refractivity contribution in [1.29, 1.82) is 0 Å². The van der Waals surface area contributed by atoms with Gasteiger partial charge >= 0.3 is 0 Å². The van der Waals surface area contributed by atoms with Crippen molar-refractivity contribution < 1.29 is 0 Å². The number of hydrogen-bond acceptors (Lipinski definition) is 3. The summed E-state index contributed by atoms with van der Waals surface area (Å²) in [5.41, 5.74) is 0.545. The van der Waals surface area contributed by atoms with Crippen LogP contribution in [-0.4, -0.2) is 62.1 Å². The second-order valence-electron chi connectivity index (χ2n) is 6.82. The number of rotatable bonds is 5. The molecule has 0 bridgehead atoms. The van der Waals surface area contributed by atoms with Crippen LogP contribution in [-0.2, 0) is 0 Å². The highest BCUT2D eigenvalue weighted by atomic mass is 15.2. The molecule has 0 aromatic carbocycles. The molecule has 0 amide bonds. The highest BCUT2D eigenvalue weighted by Crippen LogP contribution is 2.39. The Labute approximate surface area is 140 Å². The number of amidine groups is 1. The third kappa shape index (κ3) is 4.74. The third-order valence-electron chi connectivity index (χ3n) is 5.29. The van der Waals surface area contributed by atoms with E-state index in [1.807, 2.05) is 19.9 Å². The highest BCUT2D eigenvalue weighted by Gasteiger charge is 2.36. The van der Waals surface area contributed by atoms with Crippen LogP contribution >= 0.6 is 0 Å². The molecule has 2 aliphatic rings. The fourth-order valence-electron chi connectivity index (χ4n) is 3.46. The van der Waals surface area contributed by atoms with Crippen molar-refractivity contribution in [2.24, 2.45) is 20.4 Å². The summed E-state index contributed by atoms with van der Waals surface area (Å²) in [6.07, 6.45) is 8.57. The molecule has 2 unspecified atom stereocenters. The lowest BCUT2D eigenvalue weighted by Gasteiger charge is -2.45. The smallest absolute Gasteiger partial charge is 0.131 e. The van der Waals surface area contributed by atoms with Gasteiger partial charge in [0.15, 0.2) is 0 Å². The Kier molecular flexibility index (Phi) is 6.51. The maximum atomic E-state index is 4.60. The van der Waals surface area contributed by atoms with Gasteiger partial charge in [-0.2, -0.15) is 0 Å². The third-order valence-corrected chi connectivity index (χ3v) is 5.29. The molecule has 23 heavy (non-hydrogen) atoms. The van der Waals surface area contributed by atoms with Crippen LogP contribution in [0, 0.1) is 5.41 Å². The summed E-state index contributed by atoms with van der Waals surface area (Å²) in [4.78, 5) is 15.5. The summed E-state index contributed by atoms with van der Waals surface area (Å²) in [6.45, 7) is 15.9. The topological polar surface area (TPSA) is 52.4 Å². The molecule has 1 spiro atoms. The van der Waals surface area contributed by atoms with Gasteiger partial charge in [0.25, 0.3) is 0 Å². The van der Waals surface area contributed by atoms with Crippen LogP contribution in [0.4, 0.5) is 0 Å². The van der Waals surface area contributed by atoms with Gasteiger partial charge in [0.2, 0.25) is 0 Å². The van der Waals surface area contributed by atoms with Crippen LogP contribution in [0.1, 0.15) is 39.5 Å². The minimum Gasteiger partial charge on any atom is -0.358 e. The van der Waals surface area contributed by atoms with Crippen molar-refractivity contribution in [3.63, 3.8) is 0 Å². The van der Waals surface area contributed by atoms with Gasteiger partial charge in [0.05, 0.1) is 6.04 Å². The second-order valence-corrected chi connectivity index (χ2v) is 6.82. The van der Waals surface area contributed by atoms with Gasteiger partial charge in [-0.1, -0.05) is 6.08 Å². The molecule has 0 aliphatic carbocycles. The summed E-state index contributed by atoms with van der Waals surface area (Å²) in [5, 5.41) is 3.48. The number of piperidine rings is 2. The largest absolute Gasteiger partial charge is 0.358 e. The standard InChI is InChI=1S/C18H31N5/c1-5-15(2)21-14-22-17(16(3)19-4)23-12-8-18(9-13-23)6-10-20-11-7-18/h5,14-16,20H,1,4,6-13H2,2-3H3/b21-14-,22-17+. The van der Waals surface area contributed by atoms with Gasteiger partial charge in [0.1, 0.15) is 18.2 Å². The van der Waals surface area contributed by atoms with Crippen LogP contribution in [0.15, 0.2) is 27.6 Å². The second kappa shape index (κ2) is 8.39. The van der Waals surface area contributed by atoms with Crippen molar-refractivity contribution in [2.75, 3.05) is 26.2 Å². The number of nitrogens with zero attached hydrogens (tertiary/aromatic N) is 4.